The number of piperidine rings is 1. The van der Waals surface area contributed by atoms with E-state index in [1.807, 2.05) is 0 Å². The summed E-state index contributed by atoms with van der Waals surface area (Å²) >= 11 is 0. The van der Waals surface area contributed by atoms with Gasteiger partial charge in [-0.05, 0) is 69.0 Å². The summed E-state index contributed by atoms with van der Waals surface area (Å²) in [6.07, 6.45) is 7.07. The smallest absolute Gasteiger partial charge is 0.248 e. The van der Waals surface area contributed by atoms with Gasteiger partial charge in [-0.25, -0.2) is 13.1 Å². The van der Waals surface area contributed by atoms with Crippen LogP contribution >= 0.6 is 0 Å². The molecule has 2 aliphatic rings. The van der Waals surface area contributed by atoms with Gasteiger partial charge >= 0.3 is 0 Å². The lowest BCUT2D eigenvalue weighted by Gasteiger charge is -2.33. The van der Waals surface area contributed by atoms with E-state index in [4.69, 9.17) is 5.73 Å². The average Bonchev–Trinajstić information content (AvgIpc) is 3.09. The fraction of sp³-hybridized carbons (Fsp3) is 0.611. The maximum absolute atomic E-state index is 12.5. The number of hydrogen-bond acceptors (Lipinski definition) is 4. The molecule has 1 aliphatic carbocycles. The zero-order chi connectivity index (χ0) is 17.9. The van der Waals surface area contributed by atoms with Crippen molar-refractivity contribution in [1.29, 1.82) is 0 Å². The number of nitrogens with two attached hydrogens (primary N) is 1. The maximum Gasteiger partial charge on any atom is 0.248 e. The first kappa shape index (κ1) is 18.4. The van der Waals surface area contributed by atoms with Gasteiger partial charge in [0.1, 0.15) is 0 Å². The summed E-state index contributed by atoms with van der Waals surface area (Å²) < 4.78 is 27.8. The Labute approximate surface area is 149 Å². The largest absolute Gasteiger partial charge is 0.366 e. The number of likely N-dealkylation sites (tertiary alicyclic amines) is 1. The Kier molecular flexibility index (Phi) is 5.76. The van der Waals surface area contributed by atoms with Crippen molar-refractivity contribution in [2.24, 2.45) is 11.7 Å². The molecule has 3 N–H and O–H groups in total. The van der Waals surface area contributed by atoms with Gasteiger partial charge in [0.05, 0.1) is 4.90 Å². The van der Waals surface area contributed by atoms with Gasteiger partial charge in [-0.2, -0.15) is 0 Å². The Bertz CT molecular complexity index is 689. The normalized spacial score (nSPS) is 20.8. The zero-order valence-electron chi connectivity index (χ0n) is 14.5. The van der Waals surface area contributed by atoms with Gasteiger partial charge in [-0.3, -0.25) is 4.79 Å². The number of nitrogens with zero attached hydrogens (tertiary/aromatic N) is 1. The van der Waals surface area contributed by atoms with Crippen LogP contribution in [-0.2, 0) is 10.0 Å². The number of carbonyl (C=O) groups is 1. The van der Waals surface area contributed by atoms with E-state index >= 15 is 0 Å². The zero-order valence-corrected chi connectivity index (χ0v) is 15.3. The lowest BCUT2D eigenvalue weighted by Crippen LogP contribution is -2.45. The van der Waals surface area contributed by atoms with Crippen LogP contribution in [0.1, 0.15) is 48.9 Å². The van der Waals surface area contributed by atoms with Crippen LogP contribution in [0.5, 0.6) is 0 Å². The van der Waals surface area contributed by atoms with Gasteiger partial charge in [0, 0.05) is 18.2 Å². The molecule has 1 saturated heterocycles. The predicted molar refractivity (Wildman–Crippen MR) is 96.7 cm³/mol. The second-order valence-electron chi connectivity index (χ2n) is 7.24. The molecule has 1 aromatic rings. The monoisotopic (exact) mass is 365 g/mol. The molecular weight excluding hydrogens is 338 g/mol. The highest BCUT2D eigenvalue weighted by molar-refractivity contribution is 7.89. The van der Waals surface area contributed by atoms with E-state index < -0.39 is 15.9 Å². The van der Waals surface area contributed by atoms with Gasteiger partial charge < -0.3 is 10.6 Å². The second-order valence-corrected chi connectivity index (χ2v) is 8.95. The van der Waals surface area contributed by atoms with E-state index in [2.05, 4.69) is 9.62 Å². The Morgan fingerprint density at radius 1 is 1.08 bits per heavy atom. The third-order valence-corrected chi connectivity index (χ3v) is 6.89. The van der Waals surface area contributed by atoms with E-state index in [9.17, 15) is 13.2 Å². The molecule has 0 unspecified atom stereocenters. The number of nitrogens with one attached hydrogen (secondary N) is 1. The molecule has 0 atom stereocenters. The van der Waals surface area contributed by atoms with E-state index in [-0.39, 0.29) is 10.9 Å². The van der Waals surface area contributed by atoms with Crippen LogP contribution in [0.2, 0.25) is 0 Å². The molecule has 0 radical (unpaired) electrons. The summed E-state index contributed by atoms with van der Waals surface area (Å²) in [5.74, 6) is 0.267. The van der Waals surface area contributed by atoms with Crippen molar-refractivity contribution in [2.75, 3.05) is 19.6 Å². The Morgan fingerprint density at radius 2 is 1.68 bits per heavy atom. The third-order valence-electron chi connectivity index (χ3n) is 5.35. The van der Waals surface area contributed by atoms with Gasteiger partial charge in [0.15, 0.2) is 0 Å². The van der Waals surface area contributed by atoms with Crippen LogP contribution in [0.25, 0.3) is 0 Å². The minimum atomic E-state index is -3.56. The molecule has 1 saturated carbocycles. The van der Waals surface area contributed by atoms with Crippen LogP contribution < -0.4 is 10.5 Å². The second kappa shape index (κ2) is 7.85. The molecular formula is C18H27N3O3S. The molecule has 0 spiro atoms. The van der Waals surface area contributed by atoms with Gasteiger partial charge in [0.2, 0.25) is 15.9 Å². The van der Waals surface area contributed by atoms with E-state index in [1.54, 1.807) is 0 Å². The van der Waals surface area contributed by atoms with Crippen molar-refractivity contribution < 1.29 is 13.2 Å². The minimum Gasteiger partial charge on any atom is -0.366 e. The Morgan fingerprint density at radius 3 is 2.24 bits per heavy atom. The summed E-state index contributed by atoms with van der Waals surface area (Å²) in [6, 6.07) is 5.72. The van der Waals surface area contributed by atoms with Crippen LogP contribution in [0.15, 0.2) is 29.2 Å². The van der Waals surface area contributed by atoms with E-state index in [1.165, 1.54) is 49.9 Å². The first-order valence-electron chi connectivity index (χ1n) is 9.08. The lowest BCUT2D eigenvalue weighted by molar-refractivity contribution is 0.1000. The number of amides is 1. The highest BCUT2D eigenvalue weighted by Gasteiger charge is 2.26. The molecule has 6 nitrogen and oxygen atoms in total. The molecule has 1 aromatic carbocycles. The SMILES string of the molecule is NC(=O)c1ccc(S(=O)(=O)NC2CCN(CC3CCCC3)CC2)cc1. The number of primary amides is 1. The molecule has 0 bridgehead atoms. The van der Waals surface area contributed by atoms with Crippen molar-refractivity contribution in [2.45, 2.75) is 49.5 Å². The summed E-state index contributed by atoms with van der Waals surface area (Å²) in [6.45, 7) is 3.06. The molecule has 3 rings (SSSR count). The van der Waals surface area contributed by atoms with Crippen molar-refractivity contribution >= 4 is 15.9 Å². The summed E-state index contributed by atoms with van der Waals surface area (Å²) in [4.78, 5) is 13.7. The van der Waals surface area contributed by atoms with Gasteiger partial charge in [0.25, 0.3) is 0 Å². The highest BCUT2D eigenvalue weighted by atomic mass is 32.2. The summed E-state index contributed by atoms with van der Waals surface area (Å²) in [5.41, 5.74) is 5.49. The fourth-order valence-electron chi connectivity index (χ4n) is 3.88. The highest BCUT2D eigenvalue weighted by Crippen LogP contribution is 2.26. The number of hydrogen-bond donors (Lipinski definition) is 2. The quantitative estimate of drug-likeness (QED) is 0.803. The number of benzene rings is 1. The maximum atomic E-state index is 12.5. The summed E-state index contributed by atoms with van der Waals surface area (Å²) in [5, 5.41) is 0. The molecule has 1 aliphatic heterocycles. The van der Waals surface area contributed by atoms with Crippen molar-refractivity contribution in [3.8, 4) is 0 Å². The number of carbonyl (C=O) groups excluding carboxylic acids is 1. The fourth-order valence-corrected chi connectivity index (χ4v) is 5.18. The van der Waals surface area contributed by atoms with Gasteiger partial charge in [-0.15, -0.1) is 0 Å². The molecule has 25 heavy (non-hydrogen) atoms. The first-order chi connectivity index (χ1) is 11.9. The minimum absolute atomic E-state index is 0.0272. The van der Waals surface area contributed by atoms with Crippen LogP contribution in [0.3, 0.4) is 0 Å². The van der Waals surface area contributed by atoms with Crippen molar-refractivity contribution in [1.82, 2.24) is 9.62 Å². The third kappa shape index (κ3) is 4.80. The lowest BCUT2D eigenvalue weighted by atomic mass is 10.0. The molecule has 1 amide bonds. The van der Waals surface area contributed by atoms with Gasteiger partial charge in [-0.1, -0.05) is 12.8 Å². The Balaban J connectivity index is 1.52. The number of sulfonamides is 1. The van der Waals surface area contributed by atoms with E-state index in [0.29, 0.717) is 5.56 Å². The first-order valence-corrected chi connectivity index (χ1v) is 10.6. The van der Waals surface area contributed by atoms with Crippen LogP contribution in [-0.4, -0.2) is 44.9 Å². The molecule has 7 heteroatoms. The molecule has 138 valence electrons. The summed E-state index contributed by atoms with van der Waals surface area (Å²) in [7, 11) is -3.56. The average molecular weight is 365 g/mol. The number of rotatable bonds is 6. The topological polar surface area (TPSA) is 92.5 Å². The van der Waals surface area contributed by atoms with Crippen molar-refractivity contribution in [3.05, 3.63) is 29.8 Å². The standard InChI is InChI=1S/C18H27N3O3S/c19-18(22)15-5-7-17(8-6-15)25(23,24)20-16-9-11-21(12-10-16)13-14-3-1-2-4-14/h5-8,14,16,20H,1-4,9-13H2,(H2,19,22). The van der Waals surface area contributed by atoms with E-state index in [0.717, 1.165) is 38.4 Å². The van der Waals surface area contributed by atoms with Crippen LogP contribution in [0, 0.1) is 5.92 Å². The Hall–Kier alpha value is -1.44. The molecule has 0 aromatic heterocycles. The predicted octanol–water partition coefficient (Wildman–Crippen LogP) is 1.72. The molecule has 2 fully saturated rings. The van der Waals surface area contributed by atoms with Crippen molar-refractivity contribution in [3.63, 3.8) is 0 Å². The molecule has 1 heterocycles. The van der Waals surface area contributed by atoms with Crippen LogP contribution in [0.4, 0.5) is 0 Å².